The molecule has 1 aromatic carbocycles. The molecular formula is C28H34N8O4. The number of nitrogens with zero attached hydrogens (tertiary/aromatic N) is 6. The fourth-order valence-corrected chi connectivity index (χ4v) is 4.67. The lowest BCUT2D eigenvalue weighted by Crippen LogP contribution is -2.56. The number of nitrogens with one attached hydrogen (secondary N) is 2. The molecule has 3 aromatic rings. The van der Waals surface area contributed by atoms with Gasteiger partial charge in [0.25, 0.3) is 5.91 Å². The second kappa shape index (κ2) is 13.5. The van der Waals surface area contributed by atoms with Gasteiger partial charge in [0.05, 0.1) is 11.6 Å². The van der Waals surface area contributed by atoms with Crippen molar-refractivity contribution in [3.8, 4) is 0 Å². The fraction of sp³-hybridized carbons (Fsp3) is 0.429. The molecule has 1 aliphatic rings. The van der Waals surface area contributed by atoms with E-state index in [1.807, 2.05) is 30.3 Å². The van der Waals surface area contributed by atoms with E-state index >= 15 is 0 Å². The molecule has 3 atom stereocenters. The smallest absolute Gasteiger partial charge is 0.253 e. The lowest BCUT2D eigenvalue weighted by atomic mass is 10.1. The number of amides is 3. The average molecular weight is 547 g/mol. The van der Waals surface area contributed by atoms with Gasteiger partial charge in [-0.1, -0.05) is 37.3 Å². The molecule has 2 unspecified atom stereocenters. The number of hydrogen-bond donors (Lipinski definition) is 2. The predicted molar refractivity (Wildman–Crippen MR) is 145 cm³/mol. The SMILES string of the molecule is CCC(NC(=O)C(C)N1CCCC[C@H](NC(=O)c2cccnc2)C1=O)C(=O)Cn1nnnc1Cc1ccccc1. The van der Waals surface area contributed by atoms with Crippen LogP contribution in [0.3, 0.4) is 0 Å². The average Bonchev–Trinajstić information content (AvgIpc) is 3.32. The number of pyridine rings is 1. The quantitative estimate of drug-likeness (QED) is 0.365. The van der Waals surface area contributed by atoms with Gasteiger partial charge in [-0.3, -0.25) is 24.2 Å². The number of hydrogen-bond acceptors (Lipinski definition) is 8. The van der Waals surface area contributed by atoms with E-state index in [4.69, 9.17) is 0 Å². The standard InChI is InChI=1S/C28H34N8O4/c1-3-22(24(37)18-36-25(32-33-34-36)16-20-10-5-4-6-11-20)30-26(38)19(2)35-15-8-7-13-23(28(35)40)31-27(39)21-12-9-14-29-17-21/h4-6,9-12,14,17,19,22-23H,3,7-8,13,15-16,18H2,1-2H3,(H,30,38)(H,31,39)/t19?,22?,23-/m0/s1. The van der Waals surface area contributed by atoms with Gasteiger partial charge in [0.2, 0.25) is 11.8 Å². The zero-order valence-corrected chi connectivity index (χ0v) is 22.7. The summed E-state index contributed by atoms with van der Waals surface area (Å²) in [5.41, 5.74) is 1.37. The highest BCUT2D eigenvalue weighted by Gasteiger charge is 2.35. The van der Waals surface area contributed by atoms with Crippen molar-refractivity contribution in [2.75, 3.05) is 6.54 Å². The number of benzene rings is 1. The Bertz CT molecular complexity index is 1310. The predicted octanol–water partition coefficient (Wildman–Crippen LogP) is 1.32. The van der Waals surface area contributed by atoms with Crippen LogP contribution in [-0.4, -0.2) is 78.3 Å². The molecule has 12 nitrogen and oxygen atoms in total. The Morgan fingerprint density at radius 2 is 1.90 bits per heavy atom. The van der Waals surface area contributed by atoms with Gasteiger partial charge in [0, 0.05) is 25.4 Å². The molecule has 12 heteroatoms. The topological polar surface area (TPSA) is 152 Å². The van der Waals surface area contributed by atoms with Crippen LogP contribution >= 0.6 is 0 Å². The van der Waals surface area contributed by atoms with Crippen molar-refractivity contribution in [1.29, 1.82) is 0 Å². The van der Waals surface area contributed by atoms with E-state index in [0.29, 0.717) is 43.6 Å². The number of carbonyl (C=O) groups is 4. The first kappa shape index (κ1) is 28.5. The highest BCUT2D eigenvalue weighted by Crippen LogP contribution is 2.16. The van der Waals surface area contributed by atoms with Crippen LogP contribution < -0.4 is 10.6 Å². The Morgan fingerprint density at radius 1 is 1.10 bits per heavy atom. The maximum Gasteiger partial charge on any atom is 0.253 e. The Labute approximate surface area is 232 Å². The van der Waals surface area contributed by atoms with Crippen LogP contribution in [-0.2, 0) is 27.3 Å². The molecule has 3 amide bonds. The van der Waals surface area contributed by atoms with Crippen LogP contribution in [0.5, 0.6) is 0 Å². The Balaban J connectivity index is 1.37. The molecule has 0 spiro atoms. The van der Waals surface area contributed by atoms with E-state index in [0.717, 1.165) is 12.0 Å². The van der Waals surface area contributed by atoms with E-state index in [9.17, 15) is 19.2 Å². The molecule has 1 aliphatic heterocycles. The Kier molecular flexibility index (Phi) is 9.66. The summed E-state index contributed by atoms with van der Waals surface area (Å²) < 4.78 is 1.45. The highest BCUT2D eigenvalue weighted by molar-refractivity contribution is 5.98. The summed E-state index contributed by atoms with van der Waals surface area (Å²) in [5, 5.41) is 17.3. The van der Waals surface area contributed by atoms with Crippen molar-refractivity contribution < 1.29 is 19.2 Å². The molecule has 2 N–H and O–H groups in total. The van der Waals surface area contributed by atoms with Gasteiger partial charge < -0.3 is 15.5 Å². The molecule has 2 aromatic heterocycles. The molecule has 0 radical (unpaired) electrons. The van der Waals surface area contributed by atoms with Crippen molar-refractivity contribution >= 4 is 23.5 Å². The van der Waals surface area contributed by atoms with Crippen molar-refractivity contribution in [1.82, 2.24) is 40.7 Å². The normalized spacial score (nSPS) is 17.0. The largest absolute Gasteiger partial charge is 0.344 e. The van der Waals surface area contributed by atoms with Crippen LogP contribution in [0.4, 0.5) is 0 Å². The van der Waals surface area contributed by atoms with Gasteiger partial charge in [-0.25, -0.2) is 4.68 Å². The molecule has 0 bridgehead atoms. The first-order chi connectivity index (χ1) is 19.4. The van der Waals surface area contributed by atoms with Crippen LogP contribution in [0.15, 0.2) is 54.9 Å². The van der Waals surface area contributed by atoms with Gasteiger partial charge in [0.1, 0.15) is 18.6 Å². The number of aromatic nitrogens is 5. The summed E-state index contributed by atoms with van der Waals surface area (Å²) in [6, 6.07) is 10.6. The van der Waals surface area contributed by atoms with Crippen molar-refractivity contribution in [3.05, 3.63) is 71.8 Å². The summed E-state index contributed by atoms with van der Waals surface area (Å²) in [4.78, 5) is 57.8. The van der Waals surface area contributed by atoms with Gasteiger partial charge in [-0.15, -0.1) is 5.10 Å². The van der Waals surface area contributed by atoms with Crippen molar-refractivity contribution in [2.45, 2.75) is 70.6 Å². The van der Waals surface area contributed by atoms with Crippen LogP contribution in [0.25, 0.3) is 0 Å². The third-order valence-electron chi connectivity index (χ3n) is 7.03. The van der Waals surface area contributed by atoms with E-state index in [1.54, 1.807) is 32.2 Å². The van der Waals surface area contributed by atoms with Crippen LogP contribution in [0.2, 0.25) is 0 Å². The zero-order chi connectivity index (χ0) is 28.5. The molecule has 1 saturated heterocycles. The molecule has 3 heterocycles. The molecule has 0 aliphatic carbocycles. The monoisotopic (exact) mass is 546 g/mol. The summed E-state index contributed by atoms with van der Waals surface area (Å²) in [7, 11) is 0. The van der Waals surface area contributed by atoms with Gasteiger partial charge in [-0.05, 0) is 60.7 Å². The number of rotatable bonds is 11. The molecule has 0 saturated carbocycles. The lowest BCUT2D eigenvalue weighted by Gasteiger charge is -2.30. The minimum Gasteiger partial charge on any atom is -0.344 e. The molecule has 4 rings (SSSR count). The summed E-state index contributed by atoms with van der Waals surface area (Å²) in [6.45, 7) is 3.73. The Hall–Kier alpha value is -4.48. The first-order valence-electron chi connectivity index (χ1n) is 13.5. The first-order valence-corrected chi connectivity index (χ1v) is 13.5. The fourth-order valence-electron chi connectivity index (χ4n) is 4.67. The van der Waals surface area contributed by atoms with E-state index in [-0.39, 0.29) is 18.2 Å². The van der Waals surface area contributed by atoms with E-state index in [1.165, 1.54) is 15.8 Å². The van der Waals surface area contributed by atoms with Crippen molar-refractivity contribution in [3.63, 3.8) is 0 Å². The second-order valence-electron chi connectivity index (χ2n) is 9.82. The highest BCUT2D eigenvalue weighted by atomic mass is 16.2. The maximum atomic E-state index is 13.4. The van der Waals surface area contributed by atoms with Crippen LogP contribution in [0, 0.1) is 0 Å². The number of tetrazole rings is 1. The summed E-state index contributed by atoms with van der Waals surface area (Å²) in [6.07, 6.45) is 5.73. The van der Waals surface area contributed by atoms with Gasteiger partial charge >= 0.3 is 0 Å². The zero-order valence-electron chi connectivity index (χ0n) is 22.7. The maximum absolute atomic E-state index is 13.4. The number of ketones is 1. The lowest BCUT2D eigenvalue weighted by molar-refractivity contribution is -0.141. The van der Waals surface area contributed by atoms with E-state index < -0.39 is 29.9 Å². The second-order valence-corrected chi connectivity index (χ2v) is 9.82. The third kappa shape index (κ3) is 7.13. The van der Waals surface area contributed by atoms with Gasteiger partial charge in [-0.2, -0.15) is 0 Å². The molecular weight excluding hydrogens is 512 g/mol. The number of carbonyl (C=O) groups excluding carboxylic acids is 4. The van der Waals surface area contributed by atoms with Gasteiger partial charge in [0.15, 0.2) is 11.6 Å². The summed E-state index contributed by atoms with van der Waals surface area (Å²) >= 11 is 0. The summed E-state index contributed by atoms with van der Waals surface area (Å²) in [5.74, 6) is -0.849. The molecule has 210 valence electrons. The van der Waals surface area contributed by atoms with Crippen LogP contribution in [0.1, 0.15) is 61.3 Å². The minimum atomic E-state index is -0.827. The third-order valence-corrected chi connectivity index (χ3v) is 7.03. The van der Waals surface area contributed by atoms with E-state index in [2.05, 4.69) is 31.1 Å². The Morgan fingerprint density at radius 3 is 2.62 bits per heavy atom. The number of likely N-dealkylation sites (tertiary alicyclic amines) is 1. The minimum absolute atomic E-state index is 0.0899. The molecule has 40 heavy (non-hydrogen) atoms. The number of Topliss-reactive ketones (excluding diaryl/α,β-unsaturated/α-hetero) is 1. The molecule has 1 fully saturated rings. The van der Waals surface area contributed by atoms with Crippen molar-refractivity contribution in [2.24, 2.45) is 0 Å².